The molecule has 5 nitrogen and oxygen atoms in total. The quantitative estimate of drug-likeness (QED) is 0.767. The first-order chi connectivity index (χ1) is 9.60. The minimum atomic E-state index is -0.348. The highest BCUT2D eigenvalue weighted by Crippen LogP contribution is 2.09. The highest BCUT2D eigenvalue weighted by Gasteiger charge is 2.11. The SMILES string of the molecule is CCNC(=O)CN(CC)Cc1cccc(C(=O)OC)c1. The monoisotopic (exact) mass is 278 g/mol. The zero-order chi connectivity index (χ0) is 15.0. The van der Waals surface area contributed by atoms with Crippen LogP contribution in [0.1, 0.15) is 29.8 Å². The third kappa shape index (κ3) is 5.01. The first kappa shape index (κ1) is 16.2. The molecule has 0 aliphatic carbocycles. The van der Waals surface area contributed by atoms with Crippen molar-refractivity contribution < 1.29 is 14.3 Å². The van der Waals surface area contributed by atoms with Gasteiger partial charge in [0.15, 0.2) is 0 Å². The number of esters is 1. The number of rotatable bonds is 7. The number of hydrogen-bond donors (Lipinski definition) is 1. The molecule has 20 heavy (non-hydrogen) atoms. The zero-order valence-electron chi connectivity index (χ0n) is 12.3. The van der Waals surface area contributed by atoms with Gasteiger partial charge in [-0.05, 0) is 31.2 Å². The van der Waals surface area contributed by atoms with Crippen LogP contribution in [0.2, 0.25) is 0 Å². The number of amides is 1. The van der Waals surface area contributed by atoms with Crippen LogP contribution in [0.3, 0.4) is 0 Å². The van der Waals surface area contributed by atoms with Crippen LogP contribution >= 0.6 is 0 Å². The fraction of sp³-hybridized carbons (Fsp3) is 0.467. The van der Waals surface area contributed by atoms with Gasteiger partial charge in [-0.1, -0.05) is 19.1 Å². The molecule has 0 spiro atoms. The number of hydrogen-bond acceptors (Lipinski definition) is 4. The number of nitrogens with one attached hydrogen (secondary N) is 1. The molecule has 0 bridgehead atoms. The molecule has 0 fully saturated rings. The molecular weight excluding hydrogens is 256 g/mol. The van der Waals surface area contributed by atoms with Crippen molar-refractivity contribution in [2.24, 2.45) is 0 Å². The van der Waals surface area contributed by atoms with Gasteiger partial charge in [0, 0.05) is 13.1 Å². The second kappa shape index (κ2) is 8.32. The summed E-state index contributed by atoms with van der Waals surface area (Å²) in [5.74, 6) is -0.336. The molecule has 110 valence electrons. The molecule has 0 saturated carbocycles. The summed E-state index contributed by atoms with van der Waals surface area (Å²) in [6.07, 6.45) is 0. The summed E-state index contributed by atoms with van der Waals surface area (Å²) in [6.45, 7) is 6.27. The van der Waals surface area contributed by atoms with Crippen LogP contribution in [0.25, 0.3) is 0 Å². The van der Waals surface area contributed by atoms with E-state index in [1.807, 2.05) is 30.9 Å². The fourth-order valence-corrected chi connectivity index (χ4v) is 1.91. The molecule has 1 rings (SSSR count). The summed E-state index contributed by atoms with van der Waals surface area (Å²) in [7, 11) is 1.36. The fourth-order valence-electron chi connectivity index (χ4n) is 1.91. The van der Waals surface area contributed by atoms with Crippen LogP contribution in [-0.2, 0) is 16.1 Å². The van der Waals surface area contributed by atoms with E-state index in [9.17, 15) is 9.59 Å². The number of carbonyl (C=O) groups is 2. The third-order valence-electron chi connectivity index (χ3n) is 2.94. The summed E-state index contributed by atoms with van der Waals surface area (Å²) >= 11 is 0. The van der Waals surface area contributed by atoms with Crippen LogP contribution in [0.4, 0.5) is 0 Å². The summed E-state index contributed by atoms with van der Waals surface area (Å²) in [4.78, 5) is 25.1. The number of ether oxygens (including phenoxy) is 1. The Labute approximate surface area is 119 Å². The van der Waals surface area contributed by atoms with Gasteiger partial charge in [0.1, 0.15) is 0 Å². The Morgan fingerprint density at radius 1 is 1.30 bits per heavy atom. The van der Waals surface area contributed by atoms with Crippen molar-refractivity contribution in [3.05, 3.63) is 35.4 Å². The standard InChI is InChI=1S/C15H22N2O3/c1-4-16-14(18)11-17(5-2)10-12-7-6-8-13(9-12)15(19)20-3/h6-9H,4-5,10-11H2,1-3H3,(H,16,18). The maximum absolute atomic E-state index is 11.6. The predicted octanol–water partition coefficient (Wildman–Crippen LogP) is 1.43. The van der Waals surface area contributed by atoms with Gasteiger partial charge < -0.3 is 10.1 Å². The van der Waals surface area contributed by atoms with Crippen molar-refractivity contribution in [2.75, 3.05) is 26.7 Å². The molecule has 0 radical (unpaired) electrons. The second-order valence-electron chi connectivity index (χ2n) is 4.45. The Morgan fingerprint density at radius 3 is 2.65 bits per heavy atom. The van der Waals surface area contributed by atoms with Gasteiger partial charge in [-0.15, -0.1) is 0 Å². The van der Waals surface area contributed by atoms with E-state index in [-0.39, 0.29) is 11.9 Å². The number of likely N-dealkylation sites (N-methyl/N-ethyl adjacent to an activating group) is 2. The van der Waals surface area contributed by atoms with Crippen molar-refractivity contribution in [1.82, 2.24) is 10.2 Å². The molecular formula is C15H22N2O3. The Balaban J connectivity index is 2.70. The van der Waals surface area contributed by atoms with E-state index in [1.165, 1.54) is 7.11 Å². The van der Waals surface area contributed by atoms with E-state index in [0.29, 0.717) is 25.2 Å². The largest absolute Gasteiger partial charge is 0.465 e. The highest BCUT2D eigenvalue weighted by atomic mass is 16.5. The molecule has 0 aromatic heterocycles. The smallest absolute Gasteiger partial charge is 0.337 e. The Bertz CT molecular complexity index is 460. The topological polar surface area (TPSA) is 58.6 Å². The number of benzene rings is 1. The summed E-state index contributed by atoms with van der Waals surface area (Å²) in [5.41, 5.74) is 1.51. The molecule has 0 aliphatic rings. The van der Waals surface area contributed by atoms with Gasteiger partial charge in [0.2, 0.25) is 5.91 Å². The van der Waals surface area contributed by atoms with Crippen LogP contribution < -0.4 is 5.32 Å². The van der Waals surface area contributed by atoms with Gasteiger partial charge >= 0.3 is 5.97 Å². The summed E-state index contributed by atoms with van der Waals surface area (Å²) in [5, 5.41) is 2.78. The van der Waals surface area contributed by atoms with Gasteiger partial charge in [-0.3, -0.25) is 9.69 Å². The minimum absolute atomic E-state index is 0.0125. The molecule has 0 saturated heterocycles. The molecule has 1 aromatic carbocycles. The van der Waals surface area contributed by atoms with E-state index in [4.69, 9.17) is 4.74 Å². The van der Waals surface area contributed by atoms with Crippen molar-refractivity contribution in [2.45, 2.75) is 20.4 Å². The van der Waals surface area contributed by atoms with Crippen molar-refractivity contribution in [3.8, 4) is 0 Å². The molecule has 1 N–H and O–H groups in total. The van der Waals surface area contributed by atoms with Crippen LogP contribution in [0, 0.1) is 0 Å². The average molecular weight is 278 g/mol. The van der Waals surface area contributed by atoms with E-state index in [2.05, 4.69) is 5.32 Å². The van der Waals surface area contributed by atoms with E-state index in [0.717, 1.165) is 12.1 Å². The molecule has 0 heterocycles. The number of methoxy groups -OCH3 is 1. The molecule has 1 amide bonds. The van der Waals surface area contributed by atoms with Gasteiger partial charge in [0.25, 0.3) is 0 Å². The molecule has 0 atom stereocenters. The zero-order valence-corrected chi connectivity index (χ0v) is 12.3. The van der Waals surface area contributed by atoms with Crippen LogP contribution in [0.15, 0.2) is 24.3 Å². The lowest BCUT2D eigenvalue weighted by Gasteiger charge is -2.20. The van der Waals surface area contributed by atoms with E-state index in [1.54, 1.807) is 12.1 Å². The minimum Gasteiger partial charge on any atom is -0.465 e. The maximum Gasteiger partial charge on any atom is 0.337 e. The van der Waals surface area contributed by atoms with Crippen LogP contribution in [0.5, 0.6) is 0 Å². The maximum atomic E-state index is 11.6. The second-order valence-corrected chi connectivity index (χ2v) is 4.45. The Kier molecular flexibility index (Phi) is 6.73. The molecule has 1 aromatic rings. The van der Waals surface area contributed by atoms with E-state index < -0.39 is 0 Å². The first-order valence-electron chi connectivity index (χ1n) is 6.77. The lowest BCUT2D eigenvalue weighted by Crippen LogP contribution is -2.36. The third-order valence-corrected chi connectivity index (χ3v) is 2.94. The van der Waals surface area contributed by atoms with Gasteiger partial charge in [0.05, 0.1) is 19.2 Å². The average Bonchev–Trinajstić information content (AvgIpc) is 2.46. The molecule has 5 heteroatoms. The highest BCUT2D eigenvalue weighted by molar-refractivity contribution is 5.89. The van der Waals surface area contributed by atoms with Crippen LogP contribution in [-0.4, -0.2) is 43.5 Å². The first-order valence-corrected chi connectivity index (χ1v) is 6.77. The van der Waals surface area contributed by atoms with Gasteiger partial charge in [-0.2, -0.15) is 0 Å². The Morgan fingerprint density at radius 2 is 2.05 bits per heavy atom. The molecule has 0 unspecified atom stereocenters. The number of nitrogens with zero attached hydrogens (tertiary/aromatic N) is 1. The summed E-state index contributed by atoms with van der Waals surface area (Å²) < 4.78 is 4.70. The van der Waals surface area contributed by atoms with Crippen molar-refractivity contribution in [3.63, 3.8) is 0 Å². The normalized spacial score (nSPS) is 10.4. The lowest BCUT2D eigenvalue weighted by molar-refractivity contribution is -0.122. The van der Waals surface area contributed by atoms with E-state index >= 15 is 0 Å². The van der Waals surface area contributed by atoms with Crippen molar-refractivity contribution >= 4 is 11.9 Å². The summed E-state index contributed by atoms with van der Waals surface area (Å²) in [6, 6.07) is 7.27. The molecule has 0 aliphatic heterocycles. The number of carbonyl (C=O) groups excluding carboxylic acids is 2. The van der Waals surface area contributed by atoms with Gasteiger partial charge in [-0.25, -0.2) is 4.79 Å². The lowest BCUT2D eigenvalue weighted by atomic mass is 10.1. The Hall–Kier alpha value is -1.88. The predicted molar refractivity (Wildman–Crippen MR) is 77.4 cm³/mol. The van der Waals surface area contributed by atoms with Crippen molar-refractivity contribution in [1.29, 1.82) is 0 Å².